The Hall–Kier alpha value is -2.42. The summed E-state index contributed by atoms with van der Waals surface area (Å²) in [7, 11) is 1.94. The van der Waals surface area contributed by atoms with Gasteiger partial charge in [0.15, 0.2) is 0 Å². The number of hydrogen-bond acceptors (Lipinski definition) is 4. The zero-order chi connectivity index (χ0) is 15.4. The van der Waals surface area contributed by atoms with Gasteiger partial charge in [-0.15, -0.1) is 0 Å². The van der Waals surface area contributed by atoms with Gasteiger partial charge in [-0.25, -0.2) is 9.97 Å². The van der Waals surface area contributed by atoms with Gasteiger partial charge in [-0.1, -0.05) is 23.3 Å². The van der Waals surface area contributed by atoms with Gasteiger partial charge in [0.05, 0.1) is 5.38 Å². The SMILES string of the molecule is Cc1[nH+]c(C#Cc2ccc(N(C)c3ccccn3)nc2)cs1.[Cl-]. The molecule has 6 heteroatoms. The molecule has 0 aliphatic rings. The quantitative estimate of drug-likeness (QED) is 0.607. The predicted molar refractivity (Wildman–Crippen MR) is 88.1 cm³/mol. The van der Waals surface area contributed by atoms with Crippen LogP contribution in [0.1, 0.15) is 16.3 Å². The summed E-state index contributed by atoms with van der Waals surface area (Å²) in [4.78, 5) is 13.9. The number of aromatic nitrogens is 3. The van der Waals surface area contributed by atoms with Crippen molar-refractivity contribution >= 4 is 23.0 Å². The van der Waals surface area contributed by atoms with Gasteiger partial charge in [0.25, 0.3) is 5.69 Å². The molecule has 0 aliphatic carbocycles. The first-order valence-corrected chi connectivity index (χ1v) is 7.70. The maximum absolute atomic E-state index is 4.45. The molecule has 0 unspecified atom stereocenters. The van der Waals surface area contributed by atoms with Crippen LogP contribution in [0.25, 0.3) is 0 Å². The highest BCUT2D eigenvalue weighted by Crippen LogP contribution is 2.18. The Morgan fingerprint density at radius 2 is 1.91 bits per heavy atom. The number of anilines is 2. The van der Waals surface area contributed by atoms with Crippen LogP contribution in [0, 0.1) is 18.8 Å². The van der Waals surface area contributed by atoms with E-state index in [1.54, 1.807) is 23.7 Å². The Bertz CT molecular complexity index is 819. The number of thiazole rings is 1. The zero-order valence-corrected chi connectivity index (χ0v) is 14.3. The van der Waals surface area contributed by atoms with E-state index >= 15 is 0 Å². The third-order valence-corrected chi connectivity index (χ3v) is 3.90. The standard InChI is InChI=1S/C17H14N4S.ClH/c1-13-20-15(12-22-13)8-6-14-7-9-17(19-11-14)21(2)16-5-3-4-10-18-16;/h3-5,7,9-12H,1-2H3;1H. The number of nitrogens with zero attached hydrogens (tertiary/aromatic N) is 3. The van der Waals surface area contributed by atoms with Crippen LogP contribution in [0.2, 0.25) is 0 Å². The predicted octanol–water partition coefficient (Wildman–Crippen LogP) is -0.168. The molecule has 3 aromatic rings. The van der Waals surface area contributed by atoms with E-state index in [0.717, 1.165) is 27.9 Å². The molecule has 0 fully saturated rings. The molecular formula is C17H15ClN4S. The van der Waals surface area contributed by atoms with Gasteiger partial charge in [0, 0.05) is 37.8 Å². The van der Waals surface area contributed by atoms with Gasteiger partial charge in [0.1, 0.15) is 11.6 Å². The van der Waals surface area contributed by atoms with Crippen molar-refractivity contribution in [1.29, 1.82) is 0 Å². The lowest BCUT2D eigenvalue weighted by Crippen LogP contribution is -3.00. The lowest BCUT2D eigenvalue weighted by atomic mass is 10.2. The summed E-state index contributed by atoms with van der Waals surface area (Å²) in [6, 6.07) is 9.71. The number of nitrogens with one attached hydrogen (secondary N) is 1. The van der Waals surface area contributed by atoms with Crippen molar-refractivity contribution in [3.63, 3.8) is 0 Å². The van der Waals surface area contributed by atoms with Crippen molar-refractivity contribution in [1.82, 2.24) is 9.97 Å². The van der Waals surface area contributed by atoms with Gasteiger partial charge < -0.3 is 17.3 Å². The summed E-state index contributed by atoms with van der Waals surface area (Å²) < 4.78 is 0. The number of pyridine rings is 2. The van der Waals surface area contributed by atoms with Crippen molar-refractivity contribution in [3.8, 4) is 11.8 Å². The molecule has 3 heterocycles. The van der Waals surface area contributed by atoms with E-state index in [4.69, 9.17) is 0 Å². The van der Waals surface area contributed by atoms with E-state index in [2.05, 4.69) is 26.8 Å². The number of halogens is 1. The Kier molecular flexibility index (Phi) is 5.69. The van der Waals surface area contributed by atoms with E-state index in [1.165, 1.54) is 0 Å². The molecular weight excluding hydrogens is 328 g/mol. The molecule has 0 spiro atoms. The fourth-order valence-electron chi connectivity index (χ4n) is 1.92. The third-order valence-electron chi connectivity index (χ3n) is 3.09. The fourth-order valence-corrected chi connectivity index (χ4v) is 2.51. The maximum atomic E-state index is 4.45. The molecule has 0 aromatic carbocycles. The van der Waals surface area contributed by atoms with E-state index < -0.39 is 0 Å². The van der Waals surface area contributed by atoms with Gasteiger partial charge in [0.2, 0.25) is 5.01 Å². The van der Waals surface area contributed by atoms with Gasteiger partial charge >= 0.3 is 0 Å². The highest BCUT2D eigenvalue weighted by Gasteiger charge is 2.05. The minimum Gasteiger partial charge on any atom is -1.00 e. The molecule has 0 bridgehead atoms. The van der Waals surface area contributed by atoms with Crippen LogP contribution in [-0.4, -0.2) is 17.0 Å². The molecule has 116 valence electrons. The number of hydrogen-bond donors (Lipinski definition) is 0. The van der Waals surface area contributed by atoms with E-state index in [0.29, 0.717) is 0 Å². The number of H-pyrrole nitrogens is 1. The van der Waals surface area contributed by atoms with Crippen LogP contribution in [0.4, 0.5) is 11.6 Å². The largest absolute Gasteiger partial charge is 1.00 e. The van der Waals surface area contributed by atoms with Crippen molar-refractivity contribution in [2.24, 2.45) is 0 Å². The van der Waals surface area contributed by atoms with Crippen molar-refractivity contribution in [2.75, 3.05) is 11.9 Å². The first-order chi connectivity index (χ1) is 10.7. The Morgan fingerprint density at radius 1 is 1.09 bits per heavy atom. The Balaban J connectivity index is 0.00000192. The van der Waals surface area contributed by atoms with E-state index in [9.17, 15) is 0 Å². The average Bonchev–Trinajstić information content (AvgIpc) is 2.99. The summed E-state index contributed by atoms with van der Waals surface area (Å²) in [5, 5.41) is 3.16. The minimum atomic E-state index is 0. The molecule has 0 saturated carbocycles. The van der Waals surface area contributed by atoms with Crippen LogP contribution in [0.15, 0.2) is 48.1 Å². The third kappa shape index (κ3) is 4.28. The van der Waals surface area contributed by atoms with Crippen LogP contribution in [-0.2, 0) is 0 Å². The average molecular weight is 343 g/mol. The monoisotopic (exact) mass is 342 g/mol. The summed E-state index contributed by atoms with van der Waals surface area (Å²) in [6.07, 6.45) is 3.55. The second-order valence-corrected chi connectivity index (χ2v) is 5.82. The smallest absolute Gasteiger partial charge is 0.266 e. The molecule has 0 radical (unpaired) electrons. The van der Waals surface area contributed by atoms with Crippen molar-refractivity contribution in [3.05, 3.63) is 64.4 Å². The number of aromatic amines is 1. The molecule has 1 N–H and O–H groups in total. The second kappa shape index (κ2) is 7.73. The molecule has 0 aliphatic heterocycles. The number of rotatable bonds is 2. The highest BCUT2D eigenvalue weighted by atomic mass is 35.5. The van der Waals surface area contributed by atoms with Gasteiger partial charge in [-0.2, -0.15) is 4.98 Å². The zero-order valence-electron chi connectivity index (χ0n) is 12.7. The van der Waals surface area contributed by atoms with E-state index in [-0.39, 0.29) is 12.4 Å². The summed E-state index contributed by atoms with van der Waals surface area (Å²) in [6.45, 7) is 2.03. The molecule has 23 heavy (non-hydrogen) atoms. The van der Waals surface area contributed by atoms with Crippen molar-refractivity contribution in [2.45, 2.75) is 6.92 Å². The first kappa shape index (κ1) is 16.9. The first-order valence-electron chi connectivity index (χ1n) is 6.82. The summed E-state index contributed by atoms with van der Waals surface area (Å²) in [5.74, 6) is 7.90. The van der Waals surface area contributed by atoms with E-state index in [1.807, 2.05) is 54.6 Å². The van der Waals surface area contributed by atoms with Crippen LogP contribution >= 0.6 is 11.3 Å². The molecule has 3 rings (SSSR count). The molecule has 4 nitrogen and oxygen atoms in total. The fraction of sp³-hybridized carbons (Fsp3) is 0.118. The minimum absolute atomic E-state index is 0. The lowest BCUT2D eigenvalue weighted by molar-refractivity contribution is -0.383. The van der Waals surface area contributed by atoms with Crippen LogP contribution < -0.4 is 22.3 Å². The summed E-state index contributed by atoms with van der Waals surface area (Å²) >= 11 is 1.66. The van der Waals surface area contributed by atoms with Crippen LogP contribution in [0.3, 0.4) is 0 Å². The molecule has 3 aromatic heterocycles. The van der Waals surface area contributed by atoms with Crippen LogP contribution in [0.5, 0.6) is 0 Å². The molecule has 0 atom stereocenters. The topological polar surface area (TPSA) is 43.2 Å². The number of aryl methyl sites for hydroxylation is 1. The van der Waals surface area contributed by atoms with Gasteiger partial charge in [-0.05, 0) is 24.3 Å². The van der Waals surface area contributed by atoms with Gasteiger partial charge in [-0.3, -0.25) is 0 Å². The maximum Gasteiger partial charge on any atom is 0.266 e. The van der Waals surface area contributed by atoms with Crippen molar-refractivity contribution < 1.29 is 17.4 Å². The Morgan fingerprint density at radius 3 is 2.52 bits per heavy atom. The normalized spacial score (nSPS) is 9.48. The Labute approximate surface area is 145 Å². The summed E-state index contributed by atoms with van der Waals surface area (Å²) in [5.41, 5.74) is 1.81. The lowest BCUT2D eigenvalue weighted by Gasteiger charge is -2.16. The second-order valence-electron chi connectivity index (χ2n) is 4.73. The highest BCUT2D eigenvalue weighted by molar-refractivity contribution is 7.09. The molecule has 0 saturated heterocycles. The molecule has 0 amide bonds.